The Morgan fingerprint density at radius 3 is 2.75 bits per heavy atom. The summed E-state index contributed by atoms with van der Waals surface area (Å²) in [6.45, 7) is 0. The molecule has 0 saturated heterocycles. The first-order valence-corrected chi connectivity index (χ1v) is 3.33. The van der Waals surface area contributed by atoms with Gasteiger partial charge in [0.2, 0.25) is 0 Å². The van der Waals surface area contributed by atoms with E-state index in [0.29, 0.717) is 0 Å². The summed E-state index contributed by atoms with van der Waals surface area (Å²) in [6.07, 6.45) is 0.0464. The predicted molar refractivity (Wildman–Crippen MR) is 39.3 cm³/mol. The number of hydrogen-bond acceptors (Lipinski definition) is 4. The molecule has 0 aliphatic rings. The molecule has 5 nitrogen and oxygen atoms in total. The lowest BCUT2D eigenvalue weighted by atomic mass is 10.1. The minimum atomic E-state index is -1.35. The van der Waals surface area contributed by atoms with Gasteiger partial charge in [-0.1, -0.05) is 0 Å². The maximum atomic E-state index is 10.3. The quantitative estimate of drug-likeness (QED) is 0.581. The van der Waals surface area contributed by atoms with Crippen LogP contribution < -0.4 is 5.73 Å². The molecule has 0 bridgehead atoms. The Morgan fingerprint density at radius 2 is 2.33 bits per heavy atom. The van der Waals surface area contributed by atoms with Gasteiger partial charge >= 0.3 is 5.97 Å². The zero-order valence-corrected chi connectivity index (χ0v) is 6.18. The molecule has 1 rings (SSSR count). The average molecular weight is 171 g/mol. The largest absolute Gasteiger partial charge is 0.480 e. The van der Waals surface area contributed by atoms with Gasteiger partial charge < -0.3 is 20.4 Å². The van der Waals surface area contributed by atoms with Crippen LogP contribution in [0.4, 0.5) is 0 Å². The summed E-state index contributed by atoms with van der Waals surface area (Å²) >= 11 is 0. The molecule has 0 fully saturated rings. The van der Waals surface area contributed by atoms with E-state index in [2.05, 4.69) is 0 Å². The molecule has 2 atom stereocenters. The van der Waals surface area contributed by atoms with E-state index >= 15 is 0 Å². The molecule has 0 amide bonds. The summed E-state index contributed by atoms with van der Waals surface area (Å²) in [5.74, 6) is -1.11. The lowest BCUT2D eigenvalue weighted by Gasteiger charge is -2.11. The Labute approximate surface area is 68.4 Å². The van der Waals surface area contributed by atoms with E-state index < -0.39 is 18.1 Å². The first-order chi connectivity index (χ1) is 5.63. The molecule has 0 aliphatic heterocycles. The normalized spacial score (nSPS) is 15.5. The van der Waals surface area contributed by atoms with E-state index in [1.165, 1.54) is 12.3 Å². The molecule has 0 aliphatic carbocycles. The van der Waals surface area contributed by atoms with E-state index in [-0.39, 0.29) is 5.76 Å². The highest BCUT2D eigenvalue weighted by Gasteiger charge is 2.25. The number of aliphatic hydroxyl groups excluding tert-OH is 1. The monoisotopic (exact) mass is 171 g/mol. The molecule has 0 spiro atoms. The second-order valence-electron chi connectivity index (χ2n) is 2.32. The summed E-state index contributed by atoms with van der Waals surface area (Å²) in [6, 6.07) is 1.66. The van der Waals surface area contributed by atoms with Crippen LogP contribution in [0.25, 0.3) is 0 Å². The number of carbonyl (C=O) groups is 1. The first-order valence-electron chi connectivity index (χ1n) is 3.33. The molecule has 2 unspecified atom stereocenters. The van der Waals surface area contributed by atoms with Gasteiger partial charge in [0.15, 0.2) is 0 Å². The lowest BCUT2D eigenvalue weighted by Crippen LogP contribution is -2.36. The third-order valence-corrected chi connectivity index (χ3v) is 1.46. The van der Waals surface area contributed by atoms with Crippen molar-refractivity contribution in [2.24, 2.45) is 5.73 Å². The maximum absolute atomic E-state index is 10.3. The Balaban J connectivity index is 2.71. The molecule has 66 valence electrons. The van der Waals surface area contributed by atoms with Crippen LogP contribution in [0, 0.1) is 0 Å². The van der Waals surface area contributed by atoms with Crippen LogP contribution >= 0.6 is 0 Å². The molecule has 4 N–H and O–H groups in total. The number of aliphatic hydroxyl groups is 1. The molecular weight excluding hydrogens is 162 g/mol. The number of rotatable bonds is 3. The van der Waals surface area contributed by atoms with Gasteiger partial charge in [0.1, 0.15) is 17.9 Å². The van der Waals surface area contributed by atoms with Crippen LogP contribution in [0.15, 0.2) is 22.8 Å². The zero-order valence-electron chi connectivity index (χ0n) is 6.18. The van der Waals surface area contributed by atoms with Crippen LogP contribution in [0.2, 0.25) is 0 Å². The van der Waals surface area contributed by atoms with Gasteiger partial charge in [0.05, 0.1) is 6.26 Å². The molecule has 0 aromatic carbocycles. The molecule has 1 heterocycles. The Kier molecular flexibility index (Phi) is 2.47. The van der Waals surface area contributed by atoms with Gasteiger partial charge in [-0.15, -0.1) is 0 Å². The van der Waals surface area contributed by atoms with Crippen molar-refractivity contribution < 1.29 is 19.4 Å². The van der Waals surface area contributed by atoms with Crippen molar-refractivity contribution in [2.45, 2.75) is 12.1 Å². The van der Waals surface area contributed by atoms with Crippen LogP contribution in [-0.4, -0.2) is 22.2 Å². The van der Waals surface area contributed by atoms with Gasteiger partial charge in [0, 0.05) is 0 Å². The van der Waals surface area contributed by atoms with E-state index in [0.717, 1.165) is 0 Å². The molecule has 12 heavy (non-hydrogen) atoms. The smallest absolute Gasteiger partial charge is 0.323 e. The summed E-state index contributed by atoms with van der Waals surface area (Å²) in [4.78, 5) is 10.3. The van der Waals surface area contributed by atoms with Crippen LogP contribution in [0.1, 0.15) is 11.9 Å². The Bertz CT molecular complexity index is 256. The van der Waals surface area contributed by atoms with Gasteiger partial charge in [-0.3, -0.25) is 4.79 Å². The zero-order chi connectivity index (χ0) is 9.14. The second-order valence-corrected chi connectivity index (χ2v) is 2.32. The van der Waals surface area contributed by atoms with Crippen LogP contribution in [0.3, 0.4) is 0 Å². The van der Waals surface area contributed by atoms with Crippen molar-refractivity contribution in [1.29, 1.82) is 0 Å². The molecule has 1 aromatic rings. The van der Waals surface area contributed by atoms with Gasteiger partial charge in [0.25, 0.3) is 0 Å². The lowest BCUT2D eigenvalue weighted by molar-refractivity contribution is -0.141. The fourth-order valence-corrected chi connectivity index (χ4v) is 0.772. The molecule has 0 saturated carbocycles. The maximum Gasteiger partial charge on any atom is 0.323 e. The highest BCUT2D eigenvalue weighted by molar-refractivity contribution is 5.74. The highest BCUT2D eigenvalue weighted by atomic mass is 16.4. The van der Waals surface area contributed by atoms with Gasteiger partial charge in [-0.2, -0.15) is 0 Å². The number of furan rings is 1. The first kappa shape index (κ1) is 8.76. The van der Waals surface area contributed by atoms with Crippen molar-refractivity contribution in [3.8, 4) is 0 Å². The molecular formula is C7H9NO4. The topological polar surface area (TPSA) is 96.7 Å². The van der Waals surface area contributed by atoms with Gasteiger partial charge in [-0.05, 0) is 12.1 Å². The number of carboxylic acids is 1. The fraction of sp³-hybridized carbons (Fsp3) is 0.286. The second kappa shape index (κ2) is 3.38. The highest BCUT2D eigenvalue weighted by Crippen LogP contribution is 2.15. The van der Waals surface area contributed by atoms with E-state index in [9.17, 15) is 9.90 Å². The number of carboxylic acid groups (broad SMARTS) is 1. The Morgan fingerprint density at radius 1 is 1.67 bits per heavy atom. The minimum absolute atomic E-state index is 0.157. The van der Waals surface area contributed by atoms with Crippen molar-refractivity contribution >= 4 is 5.97 Å². The third kappa shape index (κ3) is 1.63. The standard InChI is InChI=1S/C7H9NO4/c8-5(7(10)11)6(9)4-2-1-3-12-4/h1-3,5-6,9H,8H2,(H,10,11). The van der Waals surface area contributed by atoms with E-state index in [1.54, 1.807) is 6.07 Å². The van der Waals surface area contributed by atoms with E-state index in [4.69, 9.17) is 15.3 Å². The summed E-state index contributed by atoms with van der Waals surface area (Å²) in [7, 11) is 0. The fourth-order valence-electron chi connectivity index (χ4n) is 0.772. The van der Waals surface area contributed by atoms with Gasteiger partial charge in [-0.25, -0.2) is 0 Å². The average Bonchev–Trinajstić information content (AvgIpc) is 2.53. The molecule has 1 aromatic heterocycles. The molecule has 0 radical (unpaired) electrons. The van der Waals surface area contributed by atoms with Crippen LogP contribution in [-0.2, 0) is 4.79 Å². The van der Waals surface area contributed by atoms with Crippen molar-refractivity contribution in [1.82, 2.24) is 0 Å². The number of aliphatic carboxylic acids is 1. The summed E-state index contributed by atoms with van der Waals surface area (Å²) < 4.78 is 4.77. The number of hydrogen-bond donors (Lipinski definition) is 3. The summed E-state index contributed by atoms with van der Waals surface area (Å²) in [5.41, 5.74) is 5.14. The van der Waals surface area contributed by atoms with E-state index in [1.807, 2.05) is 0 Å². The molecule has 5 heteroatoms. The van der Waals surface area contributed by atoms with Crippen LogP contribution in [0.5, 0.6) is 0 Å². The predicted octanol–water partition coefficient (Wildman–Crippen LogP) is -0.275. The minimum Gasteiger partial charge on any atom is -0.480 e. The van der Waals surface area contributed by atoms with Crippen molar-refractivity contribution in [3.05, 3.63) is 24.2 Å². The Hall–Kier alpha value is -1.33. The summed E-state index contributed by atoms with van der Waals surface area (Å²) in [5, 5.41) is 17.7. The van der Waals surface area contributed by atoms with Crippen molar-refractivity contribution in [2.75, 3.05) is 0 Å². The van der Waals surface area contributed by atoms with Crippen molar-refractivity contribution in [3.63, 3.8) is 0 Å². The SMILES string of the molecule is NC(C(=O)O)C(O)c1ccco1. The number of nitrogens with two attached hydrogens (primary N) is 1. The third-order valence-electron chi connectivity index (χ3n) is 1.46.